The van der Waals surface area contributed by atoms with Gasteiger partial charge in [-0.3, -0.25) is 10.1 Å². The minimum atomic E-state index is -0.807. The van der Waals surface area contributed by atoms with Crippen molar-refractivity contribution in [3.05, 3.63) is 0 Å². The zero-order valence-corrected chi connectivity index (χ0v) is 9.12. The normalized spacial score (nSPS) is 20.8. The Labute approximate surface area is 90.6 Å². The number of carboxylic acids is 1. The Morgan fingerprint density at radius 1 is 1.60 bits per heavy atom. The van der Waals surface area contributed by atoms with Crippen LogP contribution in [0.5, 0.6) is 0 Å². The number of hydrogen-bond donors (Lipinski definition) is 2. The van der Waals surface area contributed by atoms with Gasteiger partial charge in [-0.15, -0.1) is 6.42 Å². The molecule has 1 aliphatic heterocycles. The van der Waals surface area contributed by atoms with Crippen molar-refractivity contribution in [2.75, 3.05) is 26.2 Å². The number of piperidine rings is 1. The van der Waals surface area contributed by atoms with Crippen molar-refractivity contribution in [1.29, 1.82) is 0 Å². The van der Waals surface area contributed by atoms with E-state index in [0.29, 0.717) is 19.4 Å². The molecule has 0 atom stereocenters. The maximum Gasteiger partial charge on any atom is 0.324 e. The van der Waals surface area contributed by atoms with E-state index >= 15 is 0 Å². The Morgan fingerprint density at radius 2 is 2.20 bits per heavy atom. The topological polar surface area (TPSA) is 52.6 Å². The second-order valence-corrected chi connectivity index (χ2v) is 3.88. The van der Waals surface area contributed by atoms with E-state index in [4.69, 9.17) is 6.42 Å². The van der Waals surface area contributed by atoms with E-state index in [-0.39, 0.29) is 0 Å². The molecule has 2 N–H and O–H groups in total. The van der Waals surface area contributed by atoms with Crippen LogP contribution in [0.1, 0.15) is 19.8 Å². The van der Waals surface area contributed by atoms with Crippen LogP contribution < -0.4 is 5.32 Å². The molecule has 0 spiro atoms. The van der Waals surface area contributed by atoms with Crippen LogP contribution in [-0.4, -0.2) is 47.7 Å². The molecule has 0 bridgehead atoms. The second-order valence-electron chi connectivity index (χ2n) is 3.88. The van der Waals surface area contributed by atoms with Crippen molar-refractivity contribution in [2.45, 2.75) is 25.3 Å². The van der Waals surface area contributed by atoms with Gasteiger partial charge in [-0.1, -0.05) is 12.8 Å². The fourth-order valence-corrected chi connectivity index (χ4v) is 1.94. The Hall–Kier alpha value is -1.05. The van der Waals surface area contributed by atoms with Crippen LogP contribution in [0.15, 0.2) is 0 Å². The Kier molecular flexibility index (Phi) is 4.13. The van der Waals surface area contributed by atoms with E-state index in [1.165, 1.54) is 0 Å². The van der Waals surface area contributed by atoms with E-state index in [1.807, 2.05) is 0 Å². The fraction of sp³-hybridized carbons (Fsp3) is 0.727. The highest BCUT2D eigenvalue weighted by Crippen LogP contribution is 2.22. The lowest BCUT2D eigenvalue weighted by Crippen LogP contribution is -2.58. The Balaban J connectivity index is 2.61. The minimum Gasteiger partial charge on any atom is -0.480 e. The Bertz CT molecular complexity index is 262. The number of hydrogen-bond acceptors (Lipinski definition) is 3. The van der Waals surface area contributed by atoms with Crippen LogP contribution in [-0.2, 0) is 4.79 Å². The predicted molar refractivity (Wildman–Crippen MR) is 58.6 cm³/mol. The molecule has 0 aromatic rings. The van der Waals surface area contributed by atoms with E-state index in [2.05, 4.69) is 23.1 Å². The summed E-state index contributed by atoms with van der Waals surface area (Å²) in [6.07, 6.45) is 6.39. The number of likely N-dealkylation sites (tertiary alicyclic amines) is 1. The molecule has 1 fully saturated rings. The molecule has 0 radical (unpaired) electrons. The summed E-state index contributed by atoms with van der Waals surface area (Å²) in [5.41, 5.74) is -0.807. The molecule has 4 nitrogen and oxygen atoms in total. The third-order valence-corrected chi connectivity index (χ3v) is 3.10. The summed E-state index contributed by atoms with van der Waals surface area (Å²) in [5, 5.41) is 12.2. The van der Waals surface area contributed by atoms with E-state index in [1.54, 1.807) is 0 Å². The maximum atomic E-state index is 11.2. The zero-order valence-electron chi connectivity index (χ0n) is 9.12. The lowest BCUT2D eigenvalue weighted by atomic mass is 9.87. The smallest absolute Gasteiger partial charge is 0.324 e. The van der Waals surface area contributed by atoms with Gasteiger partial charge in [0.1, 0.15) is 5.54 Å². The third-order valence-electron chi connectivity index (χ3n) is 3.10. The summed E-state index contributed by atoms with van der Waals surface area (Å²) >= 11 is 0. The SMILES string of the molecule is C#CCNC1(C(=O)O)CCN(CC)CC1. The van der Waals surface area contributed by atoms with Gasteiger partial charge in [0.05, 0.1) is 6.54 Å². The summed E-state index contributed by atoms with van der Waals surface area (Å²) in [5.74, 6) is 1.65. The van der Waals surface area contributed by atoms with Gasteiger partial charge < -0.3 is 10.0 Å². The van der Waals surface area contributed by atoms with Crippen LogP contribution in [0.3, 0.4) is 0 Å². The summed E-state index contributed by atoms with van der Waals surface area (Å²) in [6.45, 7) is 5.02. The van der Waals surface area contributed by atoms with Crippen LogP contribution in [0, 0.1) is 12.3 Å². The van der Waals surface area contributed by atoms with Crippen LogP contribution in [0.4, 0.5) is 0 Å². The van der Waals surface area contributed by atoms with Gasteiger partial charge in [-0.2, -0.15) is 0 Å². The third kappa shape index (κ3) is 2.71. The fourth-order valence-electron chi connectivity index (χ4n) is 1.94. The molecule has 1 heterocycles. The molecule has 84 valence electrons. The maximum absolute atomic E-state index is 11.2. The summed E-state index contributed by atoms with van der Waals surface area (Å²) < 4.78 is 0. The molecule has 1 saturated heterocycles. The molecule has 0 aromatic carbocycles. The highest BCUT2D eigenvalue weighted by atomic mass is 16.4. The average Bonchev–Trinajstić information content (AvgIpc) is 2.27. The first-order chi connectivity index (χ1) is 7.14. The predicted octanol–water partition coefficient (Wildman–Crippen LogP) is 0.148. The molecule has 15 heavy (non-hydrogen) atoms. The van der Waals surface area contributed by atoms with Gasteiger partial charge in [-0.05, 0) is 19.4 Å². The number of rotatable bonds is 4. The highest BCUT2D eigenvalue weighted by Gasteiger charge is 2.40. The molecular weight excluding hydrogens is 192 g/mol. The van der Waals surface area contributed by atoms with Crippen molar-refractivity contribution in [1.82, 2.24) is 10.2 Å². The number of nitrogens with zero attached hydrogens (tertiary/aromatic N) is 1. The first kappa shape index (κ1) is 12.0. The number of carboxylic acid groups (broad SMARTS) is 1. The molecule has 4 heteroatoms. The summed E-state index contributed by atoms with van der Waals surface area (Å²) in [4.78, 5) is 13.5. The molecule has 1 rings (SSSR count). The van der Waals surface area contributed by atoms with E-state index in [9.17, 15) is 9.90 Å². The Morgan fingerprint density at radius 3 is 2.60 bits per heavy atom. The van der Waals surface area contributed by atoms with Gasteiger partial charge >= 0.3 is 5.97 Å². The van der Waals surface area contributed by atoms with E-state index in [0.717, 1.165) is 19.6 Å². The lowest BCUT2D eigenvalue weighted by Gasteiger charge is -2.38. The molecule has 0 aromatic heterocycles. The largest absolute Gasteiger partial charge is 0.480 e. The highest BCUT2D eigenvalue weighted by molar-refractivity contribution is 5.79. The monoisotopic (exact) mass is 210 g/mol. The lowest BCUT2D eigenvalue weighted by molar-refractivity contribution is -0.147. The summed E-state index contributed by atoms with van der Waals surface area (Å²) in [7, 11) is 0. The van der Waals surface area contributed by atoms with Gasteiger partial charge in [-0.25, -0.2) is 0 Å². The molecule has 0 unspecified atom stereocenters. The number of nitrogens with one attached hydrogen (secondary N) is 1. The van der Waals surface area contributed by atoms with Crippen molar-refractivity contribution in [3.63, 3.8) is 0 Å². The minimum absolute atomic E-state index is 0.318. The molecule has 0 saturated carbocycles. The van der Waals surface area contributed by atoms with Crippen molar-refractivity contribution < 1.29 is 9.90 Å². The standard InChI is InChI=1S/C11H18N2O2/c1-3-7-12-11(10(14)15)5-8-13(4-2)9-6-11/h1,12H,4-9H2,2H3,(H,14,15). The van der Waals surface area contributed by atoms with Gasteiger partial charge in [0.15, 0.2) is 0 Å². The van der Waals surface area contributed by atoms with Crippen molar-refractivity contribution >= 4 is 5.97 Å². The van der Waals surface area contributed by atoms with Gasteiger partial charge in [0.25, 0.3) is 0 Å². The van der Waals surface area contributed by atoms with Crippen LogP contribution in [0.2, 0.25) is 0 Å². The number of terminal acetylenes is 1. The number of carbonyl (C=O) groups is 1. The quantitative estimate of drug-likeness (QED) is 0.648. The first-order valence-corrected chi connectivity index (χ1v) is 5.29. The zero-order chi connectivity index (χ0) is 11.3. The van der Waals surface area contributed by atoms with Crippen LogP contribution >= 0.6 is 0 Å². The second kappa shape index (κ2) is 5.15. The molecule has 0 aliphatic carbocycles. The first-order valence-electron chi connectivity index (χ1n) is 5.29. The molecule has 0 amide bonds. The van der Waals surface area contributed by atoms with Crippen molar-refractivity contribution in [2.24, 2.45) is 0 Å². The summed E-state index contributed by atoms with van der Waals surface area (Å²) in [6, 6.07) is 0. The molecular formula is C11H18N2O2. The molecule has 1 aliphatic rings. The number of aliphatic carboxylic acids is 1. The van der Waals surface area contributed by atoms with Gasteiger partial charge in [0.2, 0.25) is 0 Å². The van der Waals surface area contributed by atoms with Gasteiger partial charge in [0, 0.05) is 13.1 Å². The average molecular weight is 210 g/mol. The van der Waals surface area contributed by atoms with Crippen LogP contribution in [0.25, 0.3) is 0 Å². The van der Waals surface area contributed by atoms with E-state index < -0.39 is 11.5 Å². The van der Waals surface area contributed by atoms with Crippen molar-refractivity contribution in [3.8, 4) is 12.3 Å².